The molecule has 1 aromatic heterocycles. The van der Waals surface area contributed by atoms with E-state index in [0.717, 1.165) is 25.3 Å². The van der Waals surface area contributed by atoms with Crippen molar-refractivity contribution < 1.29 is 0 Å². The van der Waals surface area contributed by atoms with E-state index in [-0.39, 0.29) is 5.54 Å². The van der Waals surface area contributed by atoms with Gasteiger partial charge in [0.05, 0.1) is 0 Å². The molecular weight excluding hydrogens is 234 g/mol. The monoisotopic (exact) mass is 261 g/mol. The number of rotatable bonds is 4. The van der Waals surface area contributed by atoms with E-state index < -0.39 is 0 Å². The van der Waals surface area contributed by atoms with Gasteiger partial charge in [-0.05, 0) is 58.7 Å². The fraction of sp³-hybridized carbons (Fsp3) is 0.688. The summed E-state index contributed by atoms with van der Waals surface area (Å²) in [4.78, 5) is 7.35. The van der Waals surface area contributed by atoms with Gasteiger partial charge in [-0.15, -0.1) is 0 Å². The topological polar surface area (TPSA) is 28.2 Å². The Bertz CT molecular complexity index is 452. The van der Waals surface area contributed by atoms with Crippen LogP contribution in [0.4, 0.5) is 5.82 Å². The highest BCUT2D eigenvalue weighted by Gasteiger charge is 2.34. The molecule has 1 aliphatic heterocycles. The summed E-state index contributed by atoms with van der Waals surface area (Å²) in [7, 11) is 0. The number of hydrogen-bond donors (Lipinski definition) is 1. The highest BCUT2D eigenvalue weighted by atomic mass is 15.3. The van der Waals surface area contributed by atoms with E-state index in [9.17, 15) is 0 Å². The van der Waals surface area contributed by atoms with Crippen LogP contribution >= 0.6 is 0 Å². The molecule has 0 aliphatic carbocycles. The molecule has 1 fully saturated rings. The Hall–Kier alpha value is -1.09. The zero-order valence-corrected chi connectivity index (χ0v) is 13.0. The van der Waals surface area contributed by atoms with Crippen LogP contribution in [0.15, 0.2) is 6.07 Å². The average molecular weight is 261 g/mol. The van der Waals surface area contributed by atoms with Crippen LogP contribution < -0.4 is 10.2 Å². The van der Waals surface area contributed by atoms with Crippen LogP contribution in [-0.2, 0) is 6.54 Å². The fourth-order valence-corrected chi connectivity index (χ4v) is 3.04. The predicted molar refractivity (Wildman–Crippen MR) is 81.8 cm³/mol. The van der Waals surface area contributed by atoms with E-state index in [1.165, 1.54) is 29.8 Å². The second-order valence-corrected chi connectivity index (χ2v) is 6.23. The number of hydrogen-bond acceptors (Lipinski definition) is 3. The molecule has 0 saturated carbocycles. The van der Waals surface area contributed by atoms with Crippen molar-refractivity contribution in [2.24, 2.45) is 0 Å². The molecule has 1 N–H and O–H groups in total. The van der Waals surface area contributed by atoms with Gasteiger partial charge < -0.3 is 10.2 Å². The third-order valence-electron chi connectivity index (χ3n) is 4.16. The van der Waals surface area contributed by atoms with E-state index in [2.05, 4.69) is 50.9 Å². The Labute approximate surface area is 117 Å². The Balaban J connectivity index is 2.42. The van der Waals surface area contributed by atoms with Crippen molar-refractivity contribution in [2.75, 3.05) is 18.0 Å². The predicted octanol–water partition coefficient (Wildman–Crippen LogP) is 3.19. The van der Waals surface area contributed by atoms with Gasteiger partial charge in [-0.2, -0.15) is 0 Å². The molecule has 2 rings (SSSR count). The van der Waals surface area contributed by atoms with Crippen molar-refractivity contribution >= 4 is 5.82 Å². The Morgan fingerprint density at radius 3 is 2.68 bits per heavy atom. The highest BCUT2D eigenvalue weighted by molar-refractivity contribution is 5.54. The summed E-state index contributed by atoms with van der Waals surface area (Å²) in [5.74, 6) is 1.20. The first-order valence-corrected chi connectivity index (χ1v) is 7.41. The minimum atomic E-state index is 0.230. The van der Waals surface area contributed by atoms with E-state index in [1.807, 2.05) is 0 Å². The normalized spacial score (nSPS) is 18.1. The van der Waals surface area contributed by atoms with E-state index in [0.29, 0.717) is 0 Å². The lowest BCUT2D eigenvalue weighted by atomic mass is 10.0. The third-order valence-corrected chi connectivity index (χ3v) is 4.16. The van der Waals surface area contributed by atoms with Gasteiger partial charge in [-0.25, -0.2) is 4.98 Å². The first-order chi connectivity index (χ1) is 8.95. The zero-order chi connectivity index (χ0) is 14.0. The molecule has 1 aliphatic rings. The van der Waals surface area contributed by atoms with E-state index >= 15 is 0 Å². The van der Waals surface area contributed by atoms with Gasteiger partial charge in [0, 0.05) is 29.9 Å². The van der Waals surface area contributed by atoms with Crippen LogP contribution in [0.1, 0.15) is 50.4 Å². The Kier molecular flexibility index (Phi) is 4.14. The largest absolute Gasteiger partial charge is 0.351 e. The van der Waals surface area contributed by atoms with Gasteiger partial charge in [0.15, 0.2) is 0 Å². The van der Waals surface area contributed by atoms with Crippen molar-refractivity contribution in [1.29, 1.82) is 0 Å². The van der Waals surface area contributed by atoms with Crippen molar-refractivity contribution in [3.8, 4) is 0 Å². The second kappa shape index (κ2) is 5.49. The van der Waals surface area contributed by atoms with Crippen LogP contribution in [0.25, 0.3) is 0 Å². The van der Waals surface area contributed by atoms with Crippen LogP contribution in [-0.4, -0.2) is 23.6 Å². The third kappa shape index (κ3) is 2.92. The first-order valence-electron chi connectivity index (χ1n) is 7.41. The number of pyridine rings is 1. The van der Waals surface area contributed by atoms with Gasteiger partial charge >= 0.3 is 0 Å². The summed E-state index contributed by atoms with van der Waals surface area (Å²) in [5.41, 5.74) is 4.07. The van der Waals surface area contributed by atoms with Crippen molar-refractivity contribution in [1.82, 2.24) is 10.3 Å². The summed E-state index contributed by atoms with van der Waals surface area (Å²) in [6, 6.07) is 2.19. The number of anilines is 1. The van der Waals surface area contributed by atoms with Crippen LogP contribution in [0, 0.1) is 13.8 Å². The van der Waals surface area contributed by atoms with Gasteiger partial charge in [0.25, 0.3) is 0 Å². The molecule has 1 saturated heterocycles. The maximum absolute atomic E-state index is 4.85. The van der Waals surface area contributed by atoms with Crippen LogP contribution in [0.2, 0.25) is 0 Å². The highest BCUT2D eigenvalue weighted by Crippen LogP contribution is 2.35. The molecule has 3 heteroatoms. The van der Waals surface area contributed by atoms with Gasteiger partial charge in [0.2, 0.25) is 0 Å². The average Bonchev–Trinajstić information content (AvgIpc) is 2.67. The molecule has 2 heterocycles. The number of nitrogens with zero attached hydrogens (tertiary/aromatic N) is 2. The lowest BCUT2D eigenvalue weighted by Gasteiger charge is -2.34. The molecule has 106 valence electrons. The molecular formula is C16H27N3. The van der Waals surface area contributed by atoms with Crippen molar-refractivity contribution in [2.45, 2.75) is 59.5 Å². The second-order valence-electron chi connectivity index (χ2n) is 6.23. The minimum absolute atomic E-state index is 0.230. The van der Waals surface area contributed by atoms with Crippen molar-refractivity contribution in [3.63, 3.8) is 0 Å². The van der Waals surface area contributed by atoms with Gasteiger partial charge in [-0.1, -0.05) is 6.92 Å². The lowest BCUT2D eigenvalue weighted by molar-refractivity contribution is 0.511. The number of aromatic nitrogens is 1. The fourth-order valence-electron chi connectivity index (χ4n) is 3.04. The van der Waals surface area contributed by atoms with Crippen molar-refractivity contribution in [3.05, 3.63) is 22.9 Å². The quantitative estimate of drug-likeness (QED) is 0.902. The SMILES string of the molecule is CCNCc1c(C)cc(C)nc1N1CCCC1(C)C. The Morgan fingerprint density at radius 1 is 1.37 bits per heavy atom. The smallest absolute Gasteiger partial charge is 0.134 e. The lowest BCUT2D eigenvalue weighted by Crippen LogP contribution is -2.40. The van der Waals surface area contributed by atoms with Gasteiger partial charge in [0.1, 0.15) is 5.82 Å². The molecule has 1 aromatic rings. The van der Waals surface area contributed by atoms with E-state index in [1.54, 1.807) is 0 Å². The molecule has 0 unspecified atom stereocenters. The number of aryl methyl sites for hydroxylation is 2. The molecule has 0 aromatic carbocycles. The van der Waals surface area contributed by atoms with Crippen LogP contribution in [0.5, 0.6) is 0 Å². The number of nitrogens with one attached hydrogen (secondary N) is 1. The molecule has 0 spiro atoms. The zero-order valence-electron chi connectivity index (χ0n) is 13.0. The molecule has 3 nitrogen and oxygen atoms in total. The molecule has 0 amide bonds. The summed E-state index contributed by atoms with van der Waals surface area (Å²) < 4.78 is 0. The summed E-state index contributed by atoms with van der Waals surface area (Å²) in [6.45, 7) is 14.1. The maximum Gasteiger partial charge on any atom is 0.134 e. The Morgan fingerprint density at radius 2 is 2.11 bits per heavy atom. The van der Waals surface area contributed by atoms with Crippen LogP contribution in [0.3, 0.4) is 0 Å². The molecule has 0 bridgehead atoms. The summed E-state index contributed by atoms with van der Waals surface area (Å²) in [6.07, 6.45) is 2.52. The summed E-state index contributed by atoms with van der Waals surface area (Å²) >= 11 is 0. The molecule has 0 radical (unpaired) electrons. The first kappa shape index (κ1) is 14.3. The molecule has 19 heavy (non-hydrogen) atoms. The maximum atomic E-state index is 4.85. The standard InChI is InChI=1S/C16H27N3/c1-6-17-11-14-12(2)10-13(3)18-15(14)19-9-7-8-16(19,4)5/h10,17H,6-9,11H2,1-5H3. The molecule has 0 atom stereocenters. The summed E-state index contributed by atoms with van der Waals surface area (Å²) in [5, 5.41) is 3.45. The van der Waals surface area contributed by atoms with E-state index in [4.69, 9.17) is 4.98 Å². The minimum Gasteiger partial charge on any atom is -0.351 e. The van der Waals surface area contributed by atoms with Gasteiger partial charge in [-0.3, -0.25) is 0 Å².